The lowest BCUT2D eigenvalue weighted by Crippen LogP contribution is -1.94. The summed E-state index contributed by atoms with van der Waals surface area (Å²) in [6.07, 6.45) is 6.13. The summed E-state index contributed by atoms with van der Waals surface area (Å²) < 4.78 is 0. The Balaban J connectivity index is 1.97. The second-order valence-corrected chi connectivity index (χ2v) is 3.41. The molecule has 0 spiro atoms. The van der Waals surface area contributed by atoms with Crippen LogP contribution in [0.2, 0.25) is 0 Å². The molecule has 2 fully saturated rings. The van der Waals surface area contributed by atoms with Crippen LogP contribution in [0.15, 0.2) is 0 Å². The van der Waals surface area contributed by atoms with Gasteiger partial charge in [-0.25, -0.2) is 0 Å². The molecule has 2 saturated carbocycles. The molecule has 3 atom stereocenters. The van der Waals surface area contributed by atoms with Crippen LogP contribution in [0, 0.1) is 17.8 Å². The normalized spacial score (nSPS) is 51.4. The van der Waals surface area contributed by atoms with E-state index in [0.717, 1.165) is 5.92 Å². The molecule has 46 valence electrons. The van der Waals surface area contributed by atoms with Crippen molar-refractivity contribution in [1.29, 1.82) is 0 Å². The third-order valence-corrected chi connectivity index (χ3v) is 3.02. The van der Waals surface area contributed by atoms with Gasteiger partial charge in [-0.05, 0) is 37.0 Å². The Kier molecular flexibility index (Phi) is 0.902. The lowest BCUT2D eigenvalue weighted by molar-refractivity contribution is 0.465. The van der Waals surface area contributed by atoms with Gasteiger partial charge in [-0.1, -0.05) is 13.3 Å². The highest BCUT2D eigenvalue weighted by Crippen LogP contribution is 2.56. The molecular weight excluding hydrogens is 96.1 g/mol. The van der Waals surface area contributed by atoms with Crippen LogP contribution >= 0.6 is 0 Å². The highest BCUT2D eigenvalue weighted by atomic mass is 14.5. The lowest BCUT2D eigenvalue weighted by Gasteiger charge is -2.04. The maximum Gasteiger partial charge on any atom is -0.0355 e. The molecule has 0 N–H and O–H groups in total. The molecule has 0 radical (unpaired) electrons. The van der Waals surface area contributed by atoms with E-state index in [0.29, 0.717) is 0 Å². The highest BCUT2D eigenvalue weighted by molar-refractivity contribution is 4.96. The number of rotatable bonds is 1. The van der Waals surface area contributed by atoms with E-state index in [-0.39, 0.29) is 0 Å². The summed E-state index contributed by atoms with van der Waals surface area (Å²) in [4.78, 5) is 0. The minimum absolute atomic E-state index is 1.14. The third kappa shape index (κ3) is 0.519. The minimum atomic E-state index is 1.14. The maximum absolute atomic E-state index is 2.34. The average Bonchev–Trinajstić information content (AvgIpc) is 2.46. The van der Waals surface area contributed by atoms with Gasteiger partial charge in [-0.2, -0.15) is 0 Å². The van der Waals surface area contributed by atoms with E-state index in [2.05, 4.69) is 6.92 Å². The first-order chi connectivity index (χ1) is 3.92. The first-order valence-electron chi connectivity index (χ1n) is 3.92. The molecule has 2 aliphatic rings. The van der Waals surface area contributed by atoms with E-state index in [9.17, 15) is 0 Å². The van der Waals surface area contributed by atoms with Gasteiger partial charge in [0.25, 0.3) is 0 Å². The number of hydrogen-bond acceptors (Lipinski definition) is 0. The molecule has 2 unspecified atom stereocenters. The molecule has 0 aromatic carbocycles. The molecule has 0 aromatic heterocycles. The second kappa shape index (κ2) is 1.49. The average molecular weight is 110 g/mol. The summed E-state index contributed by atoms with van der Waals surface area (Å²) >= 11 is 0. The monoisotopic (exact) mass is 110 g/mol. The molecule has 0 saturated heterocycles. The Labute approximate surface area is 51.3 Å². The Morgan fingerprint density at radius 2 is 2.25 bits per heavy atom. The second-order valence-electron chi connectivity index (χ2n) is 3.41. The Hall–Kier alpha value is 0. The van der Waals surface area contributed by atoms with Crippen molar-refractivity contribution >= 4 is 0 Å². The van der Waals surface area contributed by atoms with Crippen LogP contribution in [0.3, 0.4) is 0 Å². The van der Waals surface area contributed by atoms with E-state index < -0.39 is 0 Å². The van der Waals surface area contributed by atoms with Crippen molar-refractivity contribution in [1.82, 2.24) is 0 Å². The zero-order chi connectivity index (χ0) is 5.56. The summed E-state index contributed by atoms with van der Waals surface area (Å²) in [5.74, 6) is 3.53. The minimum Gasteiger partial charge on any atom is -0.0651 e. The SMILES string of the molecule is CCC1CC[C@@H]2CC12. The summed E-state index contributed by atoms with van der Waals surface area (Å²) in [5.41, 5.74) is 0. The zero-order valence-electron chi connectivity index (χ0n) is 5.56. The molecule has 8 heavy (non-hydrogen) atoms. The standard InChI is InChI=1S/C8H14/c1-2-6-3-4-7-5-8(6)7/h6-8H,2-5H2,1H3/t6?,7-,8?/m1/s1. The van der Waals surface area contributed by atoms with Gasteiger partial charge in [0.15, 0.2) is 0 Å². The largest absolute Gasteiger partial charge is 0.0651 e. The molecule has 2 aliphatic carbocycles. The van der Waals surface area contributed by atoms with Crippen molar-refractivity contribution in [3.05, 3.63) is 0 Å². The van der Waals surface area contributed by atoms with Crippen LogP contribution in [-0.2, 0) is 0 Å². The fourth-order valence-electron chi connectivity index (χ4n) is 2.33. The van der Waals surface area contributed by atoms with E-state index in [1.165, 1.54) is 18.3 Å². The third-order valence-electron chi connectivity index (χ3n) is 3.02. The van der Waals surface area contributed by atoms with Crippen LogP contribution < -0.4 is 0 Å². The van der Waals surface area contributed by atoms with Gasteiger partial charge in [0.2, 0.25) is 0 Å². The van der Waals surface area contributed by atoms with Gasteiger partial charge in [-0.15, -0.1) is 0 Å². The van der Waals surface area contributed by atoms with E-state index in [4.69, 9.17) is 0 Å². The van der Waals surface area contributed by atoms with Crippen LogP contribution in [-0.4, -0.2) is 0 Å². The van der Waals surface area contributed by atoms with Crippen molar-refractivity contribution in [2.24, 2.45) is 17.8 Å². The topological polar surface area (TPSA) is 0 Å². The molecular formula is C8H14. The number of hydrogen-bond donors (Lipinski definition) is 0. The highest BCUT2D eigenvalue weighted by Gasteiger charge is 2.46. The summed E-state index contributed by atoms with van der Waals surface area (Å²) in [5, 5.41) is 0. The summed E-state index contributed by atoms with van der Waals surface area (Å²) in [7, 11) is 0. The van der Waals surface area contributed by atoms with Crippen LogP contribution in [0.5, 0.6) is 0 Å². The first kappa shape index (κ1) is 4.84. The van der Waals surface area contributed by atoms with Crippen LogP contribution in [0.4, 0.5) is 0 Å². The molecule has 2 rings (SSSR count). The van der Waals surface area contributed by atoms with Gasteiger partial charge in [0.1, 0.15) is 0 Å². The molecule has 0 bridgehead atoms. The predicted octanol–water partition coefficient (Wildman–Crippen LogP) is 2.44. The zero-order valence-corrected chi connectivity index (χ0v) is 5.56. The Bertz CT molecular complexity index is 96.2. The summed E-state index contributed by atoms with van der Waals surface area (Å²) in [6.45, 7) is 2.34. The fourth-order valence-corrected chi connectivity index (χ4v) is 2.33. The van der Waals surface area contributed by atoms with Crippen molar-refractivity contribution in [2.45, 2.75) is 32.6 Å². The van der Waals surface area contributed by atoms with E-state index >= 15 is 0 Å². The van der Waals surface area contributed by atoms with Crippen LogP contribution in [0.1, 0.15) is 32.6 Å². The van der Waals surface area contributed by atoms with E-state index in [1.807, 2.05) is 0 Å². The van der Waals surface area contributed by atoms with Gasteiger partial charge in [0.05, 0.1) is 0 Å². The molecule has 0 heteroatoms. The van der Waals surface area contributed by atoms with Gasteiger partial charge in [-0.3, -0.25) is 0 Å². The Morgan fingerprint density at radius 1 is 1.38 bits per heavy atom. The lowest BCUT2D eigenvalue weighted by atomic mass is 10.0. The van der Waals surface area contributed by atoms with E-state index in [1.54, 1.807) is 19.3 Å². The van der Waals surface area contributed by atoms with Crippen molar-refractivity contribution < 1.29 is 0 Å². The van der Waals surface area contributed by atoms with Crippen molar-refractivity contribution in [3.8, 4) is 0 Å². The molecule has 0 heterocycles. The van der Waals surface area contributed by atoms with Crippen LogP contribution in [0.25, 0.3) is 0 Å². The first-order valence-corrected chi connectivity index (χ1v) is 3.92. The number of fused-ring (bicyclic) bond motifs is 1. The Morgan fingerprint density at radius 3 is 2.50 bits per heavy atom. The fraction of sp³-hybridized carbons (Fsp3) is 1.00. The molecule has 0 amide bonds. The van der Waals surface area contributed by atoms with Crippen molar-refractivity contribution in [2.75, 3.05) is 0 Å². The predicted molar refractivity (Wildman–Crippen MR) is 34.6 cm³/mol. The molecule has 0 aromatic rings. The molecule has 0 aliphatic heterocycles. The van der Waals surface area contributed by atoms with Crippen molar-refractivity contribution in [3.63, 3.8) is 0 Å². The smallest absolute Gasteiger partial charge is 0.0355 e. The van der Waals surface area contributed by atoms with Gasteiger partial charge in [0, 0.05) is 0 Å². The molecule has 0 nitrogen and oxygen atoms in total. The van der Waals surface area contributed by atoms with Gasteiger partial charge >= 0.3 is 0 Å². The quantitative estimate of drug-likeness (QED) is 0.486. The maximum atomic E-state index is 2.34. The van der Waals surface area contributed by atoms with Gasteiger partial charge < -0.3 is 0 Å². The summed E-state index contributed by atoms with van der Waals surface area (Å²) in [6, 6.07) is 0.